The highest BCUT2D eigenvalue weighted by Crippen LogP contribution is 2.35. The van der Waals surface area contributed by atoms with Crippen molar-refractivity contribution < 1.29 is 14.6 Å². The minimum atomic E-state index is -0.795. The van der Waals surface area contributed by atoms with Gasteiger partial charge in [-0.1, -0.05) is 11.6 Å². The maximum absolute atomic E-state index is 10.4. The zero-order chi connectivity index (χ0) is 13.1. The molecule has 0 heterocycles. The van der Waals surface area contributed by atoms with Crippen LogP contribution in [0.15, 0.2) is 18.2 Å². The summed E-state index contributed by atoms with van der Waals surface area (Å²) in [4.78, 5) is 0. The number of hydrogen-bond acceptors (Lipinski definition) is 3. The van der Waals surface area contributed by atoms with E-state index in [1.807, 2.05) is 20.8 Å². The second kappa shape index (κ2) is 5.71. The molecule has 1 aromatic carbocycles. The highest BCUT2D eigenvalue weighted by Gasteiger charge is 2.31. The first-order valence-corrected chi connectivity index (χ1v) is 5.95. The van der Waals surface area contributed by atoms with E-state index in [9.17, 15) is 5.11 Å². The number of hydrogen-bond donors (Lipinski definition) is 1. The smallest absolute Gasteiger partial charge is 0.124 e. The third-order valence-electron chi connectivity index (χ3n) is 2.66. The Morgan fingerprint density at radius 1 is 1.41 bits per heavy atom. The zero-order valence-electron chi connectivity index (χ0n) is 10.7. The highest BCUT2D eigenvalue weighted by atomic mass is 35.5. The van der Waals surface area contributed by atoms with Crippen LogP contribution in [0.4, 0.5) is 0 Å². The molecule has 0 radical (unpaired) electrons. The van der Waals surface area contributed by atoms with E-state index in [0.717, 1.165) is 0 Å². The number of rotatable bonds is 5. The van der Waals surface area contributed by atoms with Gasteiger partial charge in [0.1, 0.15) is 11.9 Å². The molecule has 96 valence electrons. The molecule has 17 heavy (non-hydrogen) atoms. The summed E-state index contributed by atoms with van der Waals surface area (Å²) in [5.41, 5.74) is -0.0503. The SMILES string of the molecule is CCOC(C)(C)C(O)c1cc(Cl)ccc1OC. The van der Waals surface area contributed by atoms with Crippen LogP contribution in [0.3, 0.4) is 0 Å². The maximum Gasteiger partial charge on any atom is 0.124 e. The fraction of sp³-hybridized carbons (Fsp3) is 0.538. The van der Waals surface area contributed by atoms with Crippen molar-refractivity contribution in [2.24, 2.45) is 0 Å². The molecule has 4 heteroatoms. The van der Waals surface area contributed by atoms with E-state index in [1.165, 1.54) is 0 Å². The number of aliphatic hydroxyl groups excluding tert-OH is 1. The number of benzene rings is 1. The van der Waals surface area contributed by atoms with Gasteiger partial charge >= 0.3 is 0 Å². The Balaban J connectivity index is 3.09. The average Bonchev–Trinajstić information content (AvgIpc) is 2.28. The first-order chi connectivity index (χ1) is 7.92. The monoisotopic (exact) mass is 258 g/mol. The molecular formula is C13H19ClO3. The number of halogens is 1. The van der Waals surface area contributed by atoms with Crippen molar-refractivity contribution in [2.45, 2.75) is 32.5 Å². The lowest BCUT2D eigenvalue weighted by molar-refractivity contribution is -0.0989. The van der Waals surface area contributed by atoms with Gasteiger partial charge < -0.3 is 14.6 Å². The van der Waals surface area contributed by atoms with E-state index in [-0.39, 0.29) is 0 Å². The van der Waals surface area contributed by atoms with Crippen molar-refractivity contribution in [1.82, 2.24) is 0 Å². The summed E-state index contributed by atoms with van der Waals surface area (Å²) in [5, 5.41) is 10.9. The quantitative estimate of drug-likeness (QED) is 0.882. The van der Waals surface area contributed by atoms with Gasteiger partial charge in [0.05, 0.1) is 12.7 Å². The van der Waals surface area contributed by atoms with Gasteiger partial charge in [0, 0.05) is 17.2 Å². The predicted octanol–water partition coefficient (Wildman–Crippen LogP) is 3.20. The van der Waals surface area contributed by atoms with E-state index >= 15 is 0 Å². The number of ether oxygens (including phenoxy) is 2. The van der Waals surface area contributed by atoms with Gasteiger partial charge in [-0.15, -0.1) is 0 Å². The van der Waals surface area contributed by atoms with Gasteiger partial charge in [-0.05, 0) is 39.0 Å². The molecule has 3 nitrogen and oxygen atoms in total. The van der Waals surface area contributed by atoms with Gasteiger partial charge in [0.25, 0.3) is 0 Å². The summed E-state index contributed by atoms with van der Waals surface area (Å²) in [6.07, 6.45) is -0.795. The Hall–Kier alpha value is -0.770. The average molecular weight is 259 g/mol. The van der Waals surface area contributed by atoms with Gasteiger partial charge in [-0.2, -0.15) is 0 Å². The Labute approximate surface area is 107 Å². The van der Waals surface area contributed by atoms with Gasteiger partial charge in [-0.25, -0.2) is 0 Å². The second-order valence-corrected chi connectivity index (χ2v) is 4.76. The van der Waals surface area contributed by atoms with E-state index in [4.69, 9.17) is 21.1 Å². The first-order valence-electron chi connectivity index (χ1n) is 5.57. The molecule has 1 aromatic rings. The molecule has 1 N–H and O–H groups in total. The summed E-state index contributed by atoms with van der Waals surface area (Å²) in [6, 6.07) is 5.17. The second-order valence-electron chi connectivity index (χ2n) is 4.33. The topological polar surface area (TPSA) is 38.7 Å². The van der Waals surface area contributed by atoms with Crippen LogP contribution in [0.25, 0.3) is 0 Å². The molecule has 0 amide bonds. The van der Waals surface area contributed by atoms with Crippen molar-refractivity contribution in [3.63, 3.8) is 0 Å². The summed E-state index contributed by atoms with van der Waals surface area (Å²) in [7, 11) is 1.56. The summed E-state index contributed by atoms with van der Waals surface area (Å²) < 4.78 is 10.8. The van der Waals surface area contributed by atoms with Crippen LogP contribution >= 0.6 is 11.6 Å². The molecule has 0 aliphatic carbocycles. The predicted molar refractivity (Wildman–Crippen MR) is 68.7 cm³/mol. The minimum Gasteiger partial charge on any atom is -0.496 e. The number of aliphatic hydroxyl groups is 1. The molecule has 0 aliphatic heterocycles. The summed E-state index contributed by atoms with van der Waals surface area (Å²) in [5.74, 6) is 0.606. The number of methoxy groups -OCH3 is 1. The molecule has 0 fully saturated rings. The van der Waals surface area contributed by atoms with Crippen LogP contribution in [0.5, 0.6) is 5.75 Å². The molecule has 0 saturated carbocycles. The maximum atomic E-state index is 10.4. The Bertz CT molecular complexity index is 377. The van der Waals surface area contributed by atoms with E-state index in [2.05, 4.69) is 0 Å². The largest absolute Gasteiger partial charge is 0.496 e. The van der Waals surface area contributed by atoms with Crippen LogP contribution in [-0.2, 0) is 4.74 Å². The molecule has 1 atom stereocenters. The molecule has 1 unspecified atom stereocenters. The molecular weight excluding hydrogens is 240 g/mol. The standard InChI is InChI=1S/C13H19ClO3/c1-5-17-13(2,3)12(15)10-8-9(14)6-7-11(10)16-4/h6-8,12,15H,5H2,1-4H3. The normalized spacial score (nSPS) is 13.5. The van der Waals surface area contributed by atoms with Crippen LogP contribution in [0.2, 0.25) is 5.02 Å². The molecule has 0 aromatic heterocycles. The zero-order valence-corrected chi connectivity index (χ0v) is 11.4. The van der Waals surface area contributed by atoms with Gasteiger partial charge in [0.2, 0.25) is 0 Å². The fourth-order valence-electron chi connectivity index (χ4n) is 1.74. The molecule has 0 spiro atoms. The summed E-state index contributed by atoms with van der Waals surface area (Å²) in [6.45, 7) is 6.10. The highest BCUT2D eigenvalue weighted by molar-refractivity contribution is 6.30. The molecule has 0 bridgehead atoms. The molecule has 1 rings (SSSR count). The molecule has 0 saturated heterocycles. The van der Waals surface area contributed by atoms with Crippen LogP contribution in [-0.4, -0.2) is 24.4 Å². The summed E-state index contributed by atoms with van der Waals surface area (Å²) >= 11 is 5.94. The van der Waals surface area contributed by atoms with Crippen molar-refractivity contribution in [3.8, 4) is 5.75 Å². The Kier molecular flexibility index (Phi) is 4.80. The van der Waals surface area contributed by atoms with E-state index in [1.54, 1.807) is 25.3 Å². The van der Waals surface area contributed by atoms with Crippen LogP contribution in [0, 0.1) is 0 Å². The fourth-order valence-corrected chi connectivity index (χ4v) is 1.92. The lowest BCUT2D eigenvalue weighted by atomic mass is 9.94. The Morgan fingerprint density at radius 3 is 2.59 bits per heavy atom. The van der Waals surface area contributed by atoms with Crippen LogP contribution < -0.4 is 4.74 Å². The van der Waals surface area contributed by atoms with Crippen molar-refractivity contribution in [2.75, 3.05) is 13.7 Å². The van der Waals surface area contributed by atoms with E-state index < -0.39 is 11.7 Å². The molecule has 0 aliphatic rings. The first kappa shape index (κ1) is 14.3. The minimum absolute atomic E-state index is 0.535. The van der Waals surface area contributed by atoms with Crippen LogP contribution in [0.1, 0.15) is 32.4 Å². The van der Waals surface area contributed by atoms with Gasteiger partial charge in [-0.3, -0.25) is 0 Å². The van der Waals surface area contributed by atoms with Crippen molar-refractivity contribution in [1.29, 1.82) is 0 Å². The lowest BCUT2D eigenvalue weighted by Crippen LogP contribution is -2.33. The van der Waals surface area contributed by atoms with E-state index in [0.29, 0.717) is 22.9 Å². The lowest BCUT2D eigenvalue weighted by Gasteiger charge is -2.31. The third kappa shape index (κ3) is 3.35. The third-order valence-corrected chi connectivity index (χ3v) is 2.90. The Morgan fingerprint density at radius 2 is 2.06 bits per heavy atom. The van der Waals surface area contributed by atoms with Crippen molar-refractivity contribution in [3.05, 3.63) is 28.8 Å². The van der Waals surface area contributed by atoms with Gasteiger partial charge in [0.15, 0.2) is 0 Å². The van der Waals surface area contributed by atoms with Crippen molar-refractivity contribution >= 4 is 11.6 Å².